The van der Waals surface area contributed by atoms with Gasteiger partial charge in [0.1, 0.15) is 5.75 Å². The molecular weight excluding hydrogens is 368 g/mol. The molecule has 6 heteroatoms. The molecule has 0 radical (unpaired) electrons. The van der Waals surface area contributed by atoms with E-state index in [9.17, 15) is 0 Å². The average molecular weight is 381 g/mol. The topological polar surface area (TPSA) is 52.3 Å². The van der Waals surface area contributed by atoms with Crippen LogP contribution in [0.5, 0.6) is 11.6 Å². The first kappa shape index (κ1) is 14.8. The van der Waals surface area contributed by atoms with E-state index >= 15 is 0 Å². The zero-order valence-electron chi connectivity index (χ0n) is 12.6. The number of aromatic nitrogens is 4. The molecule has 2 heterocycles. The van der Waals surface area contributed by atoms with E-state index in [0.29, 0.717) is 17.9 Å². The van der Waals surface area contributed by atoms with Crippen LogP contribution in [-0.2, 0) is 6.42 Å². The lowest BCUT2D eigenvalue weighted by Gasteiger charge is -2.05. The van der Waals surface area contributed by atoms with E-state index in [-0.39, 0.29) is 0 Å². The fourth-order valence-corrected chi connectivity index (χ4v) is 2.87. The van der Waals surface area contributed by atoms with Gasteiger partial charge in [-0.3, -0.25) is 0 Å². The molecule has 0 fully saturated rings. The van der Waals surface area contributed by atoms with E-state index in [1.807, 2.05) is 48.5 Å². The Balaban J connectivity index is 1.66. The van der Waals surface area contributed by atoms with E-state index in [1.165, 1.54) is 0 Å². The SMILES string of the molecule is Brc1cccc(Cc2nnc3ccc(Oc4ccccc4)nn23)c1. The summed E-state index contributed by atoms with van der Waals surface area (Å²) in [7, 11) is 0. The lowest BCUT2D eigenvalue weighted by atomic mass is 10.1. The molecule has 0 aliphatic rings. The summed E-state index contributed by atoms with van der Waals surface area (Å²) in [6, 6.07) is 21.3. The number of halogens is 1. The Labute approximate surface area is 147 Å². The summed E-state index contributed by atoms with van der Waals surface area (Å²) < 4.78 is 8.54. The van der Waals surface area contributed by atoms with Gasteiger partial charge in [0, 0.05) is 17.0 Å². The summed E-state index contributed by atoms with van der Waals surface area (Å²) in [5, 5.41) is 12.9. The van der Waals surface area contributed by atoms with Crippen molar-refractivity contribution in [2.24, 2.45) is 0 Å². The fourth-order valence-electron chi connectivity index (χ4n) is 2.42. The van der Waals surface area contributed by atoms with Gasteiger partial charge in [-0.05, 0) is 35.9 Å². The minimum absolute atomic E-state index is 0.504. The number of hydrogen-bond acceptors (Lipinski definition) is 4. The van der Waals surface area contributed by atoms with Crippen LogP contribution in [0.4, 0.5) is 0 Å². The molecule has 5 nitrogen and oxygen atoms in total. The van der Waals surface area contributed by atoms with Crippen LogP contribution in [-0.4, -0.2) is 19.8 Å². The number of benzene rings is 2. The zero-order chi connectivity index (χ0) is 16.4. The van der Waals surface area contributed by atoms with Crippen LogP contribution in [0.25, 0.3) is 5.65 Å². The normalized spacial score (nSPS) is 10.9. The molecule has 0 bridgehead atoms. The second-order valence-corrected chi connectivity index (χ2v) is 6.20. The van der Waals surface area contributed by atoms with Gasteiger partial charge in [-0.1, -0.05) is 46.3 Å². The number of hydrogen-bond donors (Lipinski definition) is 0. The van der Waals surface area contributed by atoms with Gasteiger partial charge in [-0.15, -0.1) is 15.3 Å². The molecule has 0 atom stereocenters. The molecule has 0 spiro atoms. The van der Waals surface area contributed by atoms with E-state index in [2.05, 4.69) is 43.4 Å². The van der Waals surface area contributed by atoms with Crippen molar-refractivity contribution >= 4 is 21.6 Å². The summed E-state index contributed by atoms with van der Waals surface area (Å²) >= 11 is 3.49. The van der Waals surface area contributed by atoms with Crippen LogP contribution < -0.4 is 4.74 Å². The van der Waals surface area contributed by atoms with Crippen molar-refractivity contribution < 1.29 is 4.74 Å². The predicted octanol–water partition coefficient (Wildman–Crippen LogP) is 4.27. The molecule has 0 aliphatic heterocycles. The highest BCUT2D eigenvalue weighted by Crippen LogP contribution is 2.20. The Bertz CT molecular complexity index is 985. The first-order valence-corrected chi connectivity index (χ1v) is 8.26. The molecular formula is C18H13BrN4O. The Morgan fingerprint density at radius 3 is 2.62 bits per heavy atom. The van der Waals surface area contributed by atoms with E-state index < -0.39 is 0 Å². The third kappa shape index (κ3) is 3.14. The summed E-state index contributed by atoms with van der Waals surface area (Å²) in [6.45, 7) is 0. The first-order chi connectivity index (χ1) is 11.8. The quantitative estimate of drug-likeness (QED) is 0.530. The summed E-state index contributed by atoms with van der Waals surface area (Å²) in [5.41, 5.74) is 1.83. The van der Waals surface area contributed by atoms with Crippen molar-refractivity contribution in [3.63, 3.8) is 0 Å². The van der Waals surface area contributed by atoms with Crippen LogP contribution in [0.1, 0.15) is 11.4 Å². The van der Waals surface area contributed by atoms with Crippen molar-refractivity contribution in [1.82, 2.24) is 19.8 Å². The van der Waals surface area contributed by atoms with Crippen molar-refractivity contribution in [3.05, 3.63) is 82.6 Å². The highest BCUT2D eigenvalue weighted by Gasteiger charge is 2.10. The van der Waals surface area contributed by atoms with Crippen LogP contribution in [0.15, 0.2) is 71.2 Å². The maximum Gasteiger partial charge on any atom is 0.237 e. The molecule has 4 rings (SSSR count). The first-order valence-electron chi connectivity index (χ1n) is 7.47. The maximum absolute atomic E-state index is 5.79. The third-order valence-corrected chi connectivity index (χ3v) is 4.01. The molecule has 0 saturated heterocycles. The van der Waals surface area contributed by atoms with Crippen molar-refractivity contribution in [2.45, 2.75) is 6.42 Å². The smallest absolute Gasteiger partial charge is 0.237 e. The Kier molecular flexibility index (Phi) is 3.96. The standard InChI is InChI=1S/C18H13BrN4O/c19-14-6-4-5-13(11-14)12-17-21-20-16-9-10-18(22-23(16)17)24-15-7-2-1-3-8-15/h1-11H,12H2. The monoisotopic (exact) mass is 380 g/mol. The van der Waals surface area contributed by atoms with Crippen molar-refractivity contribution in [3.8, 4) is 11.6 Å². The molecule has 0 aliphatic carbocycles. The number of para-hydroxylation sites is 1. The zero-order valence-corrected chi connectivity index (χ0v) is 14.2. The molecule has 118 valence electrons. The van der Waals surface area contributed by atoms with Gasteiger partial charge in [0.25, 0.3) is 0 Å². The third-order valence-electron chi connectivity index (χ3n) is 3.52. The predicted molar refractivity (Wildman–Crippen MR) is 94.2 cm³/mol. The number of rotatable bonds is 4. The maximum atomic E-state index is 5.79. The van der Waals surface area contributed by atoms with Gasteiger partial charge in [0.2, 0.25) is 5.88 Å². The van der Waals surface area contributed by atoms with Gasteiger partial charge >= 0.3 is 0 Å². The van der Waals surface area contributed by atoms with Crippen LogP contribution in [0.2, 0.25) is 0 Å². The Hall–Kier alpha value is -2.73. The van der Waals surface area contributed by atoms with E-state index in [0.717, 1.165) is 21.6 Å². The van der Waals surface area contributed by atoms with Crippen LogP contribution in [0, 0.1) is 0 Å². The van der Waals surface area contributed by atoms with Gasteiger partial charge in [-0.2, -0.15) is 4.52 Å². The van der Waals surface area contributed by atoms with Gasteiger partial charge < -0.3 is 4.74 Å². The highest BCUT2D eigenvalue weighted by atomic mass is 79.9. The largest absolute Gasteiger partial charge is 0.438 e. The average Bonchev–Trinajstić information content (AvgIpc) is 2.98. The van der Waals surface area contributed by atoms with Crippen molar-refractivity contribution in [1.29, 1.82) is 0 Å². The van der Waals surface area contributed by atoms with Crippen LogP contribution in [0.3, 0.4) is 0 Å². The van der Waals surface area contributed by atoms with Gasteiger partial charge in [-0.25, -0.2) is 0 Å². The van der Waals surface area contributed by atoms with E-state index in [4.69, 9.17) is 4.74 Å². The van der Waals surface area contributed by atoms with Gasteiger partial charge in [0.05, 0.1) is 0 Å². The molecule has 24 heavy (non-hydrogen) atoms. The molecule has 0 N–H and O–H groups in total. The lowest BCUT2D eigenvalue weighted by Crippen LogP contribution is -2.01. The second-order valence-electron chi connectivity index (χ2n) is 5.28. The lowest BCUT2D eigenvalue weighted by molar-refractivity contribution is 0.451. The summed E-state index contributed by atoms with van der Waals surface area (Å²) in [4.78, 5) is 0. The second kappa shape index (κ2) is 6.41. The molecule has 0 unspecified atom stereocenters. The number of ether oxygens (including phenoxy) is 1. The van der Waals surface area contributed by atoms with Gasteiger partial charge in [0.15, 0.2) is 11.5 Å². The van der Waals surface area contributed by atoms with E-state index in [1.54, 1.807) is 10.6 Å². The fraction of sp³-hybridized carbons (Fsp3) is 0.0556. The minimum atomic E-state index is 0.504. The Morgan fingerprint density at radius 1 is 0.917 bits per heavy atom. The molecule has 2 aromatic heterocycles. The minimum Gasteiger partial charge on any atom is -0.438 e. The number of fused-ring (bicyclic) bond motifs is 1. The molecule has 2 aromatic carbocycles. The number of nitrogens with zero attached hydrogens (tertiary/aromatic N) is 4. The highest BCUT2D eigenvalue weighted by molar-refractivity contribution is 9.10. The molecule has 0 saturated carbocycles. The molecule has 0 amide bonds. The molecule has 4 aromatic rings. The van der Waals surface area contributed by atoms with Crippen molar-refractivity contribution in [2.75, 3.05) is 0 Å². The van der Waals surface area contributed by atoms with Crippen LogP contribution >= 0.6 is 15.9 Å². The summed E-state index contributed by atoms with van der Waals surface area (Å²) in [5.74, 6) is 2.01. The Morgan fingerprint density at radius 2 is 1.79 bits per heavy atom. The summed E-state index contributed by atoms with van der Waals surface area (Å²) in [6.07, 6.45) is 0.641.